The Labute approximate surface area is 166 Å². The Morgan fingerprint density at radius 3 is 2.59 bits per heavy atom. The molecule has 0 aliphatic carbocycles. The number of aliphatic imine (C=N–C) groups is 1. The first-order chi connectivity index (χ1) is 13.0. The Morgan fingerprint density at radius 2 is 2.00 bits per heavy atom. The van der Waals surface area contributed by atoms with Gasteiger partial charge in [-0.1, -0.05) is 19.1 Å². The van der Waals surface area contributed by atoms with E-state index in [2.05, 4.69) is 52.0 Å². The predicted molar refractivity (Wildman–Crippen MR) is 115 cm³/mol. The third-order valence-corrected chi connectivity index (χ3v) is 5.28. The van der Waals surface area contributed by atoms with Gasteiger partial charge in [0.1, 0.15) is 5.75 Å². The van der Waals surface area contributed by atoms with Gasteiger partial charge in [-0.05, 0) is 37.0 Å². The van der Waals surface area contributed by atoms with Gasteiger partial charge in [-0.2, -0.15) is 0 Å². The molecule has 7 heteroatoms. The van der Waals surface area contributed by atoms with Crippen LogP contribution in [0.2, 0.25) is 0 Å². The lowest BCUT2D eigenvalue weighted by Crippen LogP contribution is -2.38. The van der Waals surface area contributed by atoms with E-state index in [1.54, 1.807) is 18.4 Å². The monoisotopic (exact) mass is 389 g/mol. The number of nitrogens with zero attached hydrogens (tertiary/aromatic N) is 3. The Balaban J connectivity index is 1.85. The molecule has 0 fully saturated rings. The average molecular weight is 390 g/mol. The summed E-state index contributed by atoms with van der Waals surface area (Å²) in [5.74, 6) is 2.19. The van der Waals surface area contributed by atoms with Crippen LogP contribution in [0.1, 0.15) is 37.4 Å². The topological polar surface area (TPSA) is 61.8 Å². The summed E-state index contributed by atoms with van der Waals surface area (Å²) in [6.45, 7) is 6.59. The van der Waals surface area contributed by atoms with Crippen LogP contribution in [0.25, 0.3) is 0 Å². The number of anilines is 1. The van der Waals surface area contributed by atoms with Gasteiger partial charge in [0, 0.05) is 32.6 Å². The van der Waals surface area contributed by atoms with Crippen molar-refractivity contribution in [1.29, 1.82) is 0 Å². The van der Waals surface area contributed by atoms with Gasteiger partial charge in [0.15, 0.2) is 11.1 Å². The second-order valence-corrected chi connectivity index (χ2v) is 7.44. The number of methoxy groups -OCH3 is 1. The van der Waals surface area contributed by atoms with Crippen LogP contribution < -0.4 is 20.3 Å². The van der Waals surface area contributed by atoms with E-state index in [0.29, 0.717) is 12.5 Å². The van der Waals surface area contributed by atoms with Crippen LogP contribution in [0.5, 0.6) is 5.75 Å². The molecule has 2 rings (SSSR count). The predicted octanol–water partition coefficient (Wildman–Crippen LogP) is 3.47. The second kappa shape index (κ2) is 10.8. The Kier molecular flexibility index (Phi) is 8.39. The van der Waals surface area contributed by atoms with Crippen molar-refractivity contribution in [2.45, 2.75) is 32.7 Å². The van der Waals surface area contributed by atoms with Crippen molar-refractivity contribution in [2.24, 2.45) is 4.99 Å². The fraction of sp³-hybridized carbons (Fsp3) is 0.500. The largest absolute Gasteiger partial charge is 0.497 e. The minimum absolute atomic E-state index is 0.465. The van der Waals surface area contributed by atoms with Gasteiger partial charge in [0.25, 0.3) is 0 Å². The standard InChI is InChI=1S/C20H31N5OS/c1-6-21-19(23-13-17-14-27-20(24-17)25(3)4)22-12-11-15(2)16-7-9-18(26-5)10-8-16/h7-10,14-15H,6,11-13H2,1-5H3,(H2,21,22,23). The van der Waals surface area contributed by atoms with Crippen LogP contribution in [0.15, 0.2) is 34.6 Å². The summed E-state index contributed by atoms with van der Waals surface area (Å²) in [6, 6.07) is 8.29. The van der Waals surface area contributed by atoms with E-state index in [-0.39, 0.29) is 0 Å². The van der Waals surface area contributed by atoms with Crippen LogP contribution in [-0.4, -0.2) is 45.2 Å². The SMILES string of the molecule is CCNC(=NCc1csc(N(C)C)n1)NCCC(C)c1ccc(OC)cc1. The molecular formula is C20H31N5OS. The Hall–Kier alpha value is -2.28. The first-order valence-corrected chi connectivity index (χ1v) is 10.2. The number of hydrogen-bond donors (Lipinski definition) is 2. The van der Waals surface area contributed by atoms with Gasteiger partial charge >= 0.3 is 0 Å². The van der Waals surface area contributed by atoms with E-state index in [1.165, 1.54) is 5.56 Å². The van der Waals surface area contributed by atoms with E-state index in [9.17, 15) is 0 Å². The Bertz CT molecular complexity index is 711. The number of guanidine groups is 1. The lowest BCUT2D eigenvalue weighted by molar-refractivity contribution is 0.414. The van der Waals surface area contributed by atoms with Crippen molar-refractivity contribution in [3.63, 3.8) is 0 Å². The maximum atomic E-state index is 5.22. The number of rotatable bonds is 9. The summed E-state index contributed by atoms with van der Waals surface area (Å²) in [5.41, 5.74) is 2.31. The summed E-state index contributed by atoms with van der Waals surface area (Å²) >= 11 is 1.64. The summed E-state index contributed by atoms with van der Waals surface area (Å²) in [4.78, 5) is 11.2. The van der Waals surface area contributed by atoms with Gasteiger partial charge in [-0.3, -0.25) is 0 Å². The molecule has 0 saturated carbocycles. The van der Waals surface area contributed by atoms with Crippen molar-refractivity contribution in [3.05, 3.63) is 40.9 Å². The zero-order valence-corrected chi connectivity index (χ0v) is 17.8. The fourth-order valence-electron chi connectivity index (χ4n) is 2.58. The summed E-state index contributed by atoms with van der Waals surface area (Å²) < 4.78 is 5.22. The number of ether oxygens (including phenoxy) is 1. The highest BCUT2D eigenvalue weighted by molar-refractivity contribution is 7.13. The second-order valence-electron chi connectivity index (χ2n) is 6.60. The molecule has 1 atom stereocenters. The molecule has 0 radical (unpaired) electrons. The maximum Gasteiger partial charge on any atom is 0.191 e. The van der Waals surface area contributed by atoms with Gasteiger partial charge in [0.2, 0.25) is 0 Å². The first-order valence-electron chi connectivity index (χ1n) is 9.31. The van der Waals surface area contributed by atoms with Crippen molar-refractivity contribution in [1.82, 2.24) is 15.6 Å². The average Bonchev–Trinajstić information content (AvgIpc) is 3.15. The molecule has 2 N–H and O–H groups in total. The number of thiazole rings is 1. The van der Waals surface area contributed by atoms with Crippen molar-refractivity contribution in [3.8, 4) is 5.75 Å². The fourth-order valence-corrected chi connectivity index (χ4v) is 3.33. The normalized spacial score (nSPS) is 12.6. The highest BCUT2D eigenvalue weighted by Crippen LogP contribution is 2.21. The Morgan fingerprint density at radius 1 is 1.26 bits per heavy atom. The van der Waals surface area contributed by atoms with Gasteiger partial charge < -0.3 is 20.3 Å². The third kappa shape index (κ3) is 6.75. The van der Waals surface area contributed by atoms with Crippen LogP contribution in [0.4, 0.5) is 5.13 Å². The molecule has 0 saturated heterocycles. The first kappa shape index (κ1) is 21.0. The van der Waals surface area contributed by atoms with Gasteiger partial charge in [-0.15, -0.1) is 11.3 Å². The number of aromatic nitrogens is 1. The molecule has 148 valence electrons. The van der Waals surface area contributed by atoms with E-state index < -0.39 is 0 Å². The van der Waals surface area contributed by atoms with Gasteiger partial charge in [-0.25, -0.2) is 9.98 Å². The summed E-state index contributed by atoms with van der Waals surface area (Å²) in [5, 5.41) is 9.79. The van der Waals surface area contributed by atoms with Crippen molar-refractivity contribution in [2.75, 3.05) is 39.2 Å². The highest BCUT2D eigenvalue weighted by atomic mass is 32.1. The highest BCUT2D eigenvalue weighted by Gasteiger charge is 2.07. The number of nitrogens with one attached hydrogen (secondary N) is 2. The molecule has 1 unspecified atom stereocenters. The van der Waals surface area contributed by atoms with Gasteiger partial charge in [0.05, 0.1) is 19.3 Å². The molecular weight excluding hydrogens is 358 g/mol. The van der Waals surface area contributed by atoms with Crippen LogP contribution >= 0.6 is 11.3 Å². The van der Waals surface area contributed by atoms with E-state index in [1.807, 2.05) is 31.1 Å². The summed E-state index contributed by atoms with van der Waals surface area (Å²) in [6.07, 6.45) is 1.03. The third-order valence-electron chi connectivity index (χ3n) is 4.22. The molecule has 0 aliphatic rings. The van der Waals surface area contributed by atoms with Crippen molar-refractivity contribution < 1.29 is 4.74 Å². The zero-order chi connectivity index (χ0) is 19.6. The van der Waals surface area contributed by atoms with Crippen LogP contribution in [0.3, 0.4) is 0 Å². The van der Waals surface area contributed by atoms with Crippen LogP contribution in [-0.2, 0) is 6.54 Å². The molecule has 27 heavy (non-hydrogen) atoms. The molecule has 0 amide bonds. The minimum atomic E-state index is 0.465. The molecule has 1 aromatic heterocycles. The minimum Gasteiger partial charge on any atom is -0.497 e. The molecule has 0 bridgehead atoms. The lowest BCUT2D eigenvalue weighted by atomic mass is 9.98. The van der Waals surface area contributed by atoms with E-state index in [4.69, 9.17) is 4.74 Å². The molecule has 1 heterocycles. The quantitative estimate of drug-likeness (QED) is 0.508. The van der Waals surface area contributed by atoms with E-state index in [0.717, 1.165) is 42.0 Å². The lowest BCUT2D eigenvalue weighted by Gasteiger charge is -2.15. The molecule has 1 aromatic carbocycles. The summed E-state index contributed by atoms with van der Waals surface area (Å²) in [7, 11) is 5.69. The molecule has 6 nitrogen and oxygen atoms in total. The zero-order valence-electron chi connectivity index (χ0n) is 17.0. The smallest absolute Gasteiger partial charge is 0.191 e. The molecule has 0 aliphatic heterocycles. The van der Waals surface area contributed by atoms with Crippen LogP contribution in [0, 0.1) is 0 Å². The molecule has 2 aromatic rings. The van der Waals surface area contributed by atoms with E-state index >= 15 is 0 Å². The number of benzene rings is 1. The maximum absolute atomic E-state index is 5.22. The number of hydrogen-bond acceptors (Lipinski definition) is 5. The van der Waals surface area contributed by atoms with Crippen molar-refractivity contribution >= 4 is 22.4 Å². The molecule has 0 spiro atoms.